The molecule has 1 aromatic carbocycles. The van der Waals surface area contributed by atoms with Gasteiger partial charge in [0.15, 0.2) is 0 Å². The van der Waals surface area contributed by atoms with Crippen LogP contribution in [0.2, 0.25) is 0 Å². The summed E-state index contributed by atoms with van der Waals surface area (Å²) in [6, 6.07) is 8.51. The second kappa shape index (κ2) is 8.13. The fraction of sp³-hybridized carbons (Fsp3) is 0.526. The molecule has 6 heteroatoms. The van der Waals surface area contributed by atoms with Gasteiger partial charge in [0.05, 0.1) is 29.9 Å². The summed E-state index contributed by atoms with van der Waals surface area (Å²) in [4.78, 5) is 23.6. The Balaban J connectivity index is 1.95. The van der Waals surface area contributed by atoms with Gasteiger partial charge in [0.2, 0.25) is 5.91 Å². The van der Waals surface area contributed by atoms with Crippen molar-refractivity contribution in [2.45, 2.75) is 45.9 Å². The molecule has 6 nitrogen and oxygen atoms in total. The summed E-state index contributed by atoms with van der Waals surface area (Å²) in [5.74, 6) is 0.176. The summed E-state index contributed by atoms with van der Waals surface area (Å²) in [6.07, 6.45) is -0.232. The van der Waals surface area contributed by atoms with E-state index in [-0.39, 0.29) is 41.9 Å². The van der Waals surface area contributed by atoms with Crippen LogP contribution in [-0.2, 0) is 9.53 Å². The van der Waals surface area contributed by atoms with Gasteiger partial charge >= 0.3 is 0 Å². The van der Waals surface area contributed by atoms with E-state index in [0.29, 0.717) is 17.7 Å². The molecule has 0 spiro atoms. The predicted molar refractivity (Wildman–Crippen MR) is 93.8 cm³/mol. The molecule has 2 rings (SSSR count). The largest absolute Gasteiger partial charge is 0.371 e. The van der Waals surface area contributed by atoms with Crippen molar-refractivity contribution in [1.82, 2.24) is 10.6 Å². The maximum Gasteiger partial charge on any atom is 0.251 e. The first kappa shape index (κ1) is 18.9. The second-order valence-electron chi connectivity index (χ2n) is 6.72. The summed E-state index contributed by atoms with van der Waals surface area (Å²) >= 11 is 0. The minimum absolute atomic E-state index is 0.0297. The van der Waals surface area contributed by atoms with Crippen LogP contribution in [0.3, 0.4) is 0 Å². The van der Waals surface area contributed by atoms with Gasteiger partial charge in [-0.25, -0.2) is 0 Å². The smallest absolute Gasteiger partial charge is 0.251 e. The van der Waals surface area contributed by atoms with Crippen molar-refractivity contribution in [2.24, 2.45) is 11.8 Å². The number of hydrogen-bond donors (Lipinski definition) is 2. The Morgan fingerprint density at radius 3 is 2.36 bits per heavy atom. The van der Waals surface area contributed by atoms with Crippen LogP contribution in [0.4, 0.5) is 0 Å². The van der Waals surface area contributed by atoms with Gasteiger partial charge in [0.1, 0.15) is 0 Å². The Kier molecular flexibility index (Phi) is 6.16. The Bertz CT molecular complexity index is 665. The highest BCUT2D eigenvalue weighted by molar-refractivity contribution is 5.94. The Morgan fingerprint density at radius 2 is 1.80 bits per heavy atom. The molecule has 1 heterocycles. The zero-order chi connectivity index (χ0) is 18.6. The molecule has 2 N–H and O–H groups in total. The zero-order valence-corrected chi connectivity index (χ0v) is 15.1. The molecule has 0 bridgehead atoms. The Hall–Kier alpha value is -2.39. The number of nitriles is 1. The third kappa shape index (κ3) is 4.58. The van der Waals surface area contributed by atoms with Crippen LogP contribution in [0.15, 0.2) is 24.3 Å². The molecule has 1 aliphatic heterocycles. The highest BCUT2D eigenvalue weighted by Crippen LogP contribution is 2.30. The molecule has 0 radical (unpaired) electrons. The molecular formula is C19H25N3O3. The lowest BCUT2D eigenvalue weighted by molar-refractivity contribution is -0.132. The van der Waals surface area contributed by atoms with Gasteiger partial charge in [-0.15, -0.1) is 0 Å². The van der Waals surface area contributed by atoms with Gasteiger partial charge in [-0.1, -0.05) is 13.8 Å². The lowest BCUT2D eigenvalue weighted by Gasteiger charge is -2.44. The third-order valence-electron chi connectivity index (χ3n) is 4.99. The van der Waals surface area contributed by atoms with E-state index in [2.05, 4.69) is 24.5 Å². The SMILES string of the molecule is CC(=O)NC1C(C)OC(CNC(=O)c2ccc(C#N)cc2)C(C)C1C. The Morgan fingerprint density at radius 1 is 1.16 bits per heavy atom. The minimum atomic E-state index is -0.190. The highest BCUT2D eigenvalue weighted by Gasteiger charge is 2.39. The van der Waals surface area contributed by atoms with Gasteiger partial charge in [0.25, 0.3) is 5.91 Å². The normalized spacial score (nSPS) is 28.7. The summed E-state index contributed by atoms with van der Waals surface area (Å²) < 4.78 is 6.03. The van der Waals surface area contributed by atoms with Gasteiger partial charge in [-0.3, -0.25) is 9.59 Å². The molecule has 5 unspecified atom stereocenters. The fourth-order valence-electron chi connectivity index (χ4n) is 3.29. The zero-order valence-electron chi connectivity index (χ0n) is 15.1. The van der Waals surface area contributed by atoms with Gasteiger partial charge < -0.3 is 15.4 Å². The Labute approximate surface area is 148 Å². The molecule has 1 aliphatic rings. The number of carbonyl (C=O) groups is 2. The molecule has 1 fully saturated rings. The number of rotatable bonds is 4. The van der Waals surface area contributed by atoms with Crippen molar-refractivity contribution in [3.8, 4) is 6.07 Å². The van der Waals surface area contributed by atoms with Crippen LogP contribution >= 0.6 is 0 Å². The minimum Gasteiger partial charge on any atom is -0.371 e. The third-order valence-corrected chi connectivity index (χ3v) is 4.99. The maximum absolute atomic E-state index is 12.3. The van der Waals surface area contributed by atoms with E-state index >= 15 is 0 Å². The van der Waals surface area contributed by atoms with Crippen molar-refractivity contribution >= 4 is 11.8 Å². The molecule has 1 aromatic rings. The standard InChI is InChI=1S/C19H25N3O3/c1-11-12(2)18(22-14(4)23)13(3)25-17(11)10-21-19(24)16-7-5-15(9-20)6-8-16/h5-8,11-13,17-18H,10H2,1-4H3,(H,21,24)(H,22,23). The number of amides is 2. The number of ether oxygens (including phenoxy) is 1. The highest BCUT2D eigenvalue weighted by atomic mass is 16.5. The molecule has 5 atom stereocenters. The first-order chi connectivity index (χ1) is 11.8. The van der Waals surface area contributed by atoms with E-state index in [1.54, 1.807) is 24.3 Å². The van der Waals surface area contributed by atoms with Gasteiger partial charge in [0, 0.05) is 19.0 Å². The number of carbonyl (C=O) groups excluding carboxylic acids is 2. The van der Waals surface area contributed by atoms with Crippen molar-refractivity contribution in [3.63, 3.8) is 0 Å². The second-order valence-corrected chi connectivity index (χ2v) is 6.72. The topological polar surface area (TPSA) is 91.2 Å². The van der Waals surface area contributed by atoms with Crippen LogP contribution in [0.5, 0.6) is 0 Å². The van der Waals surface area contributed by atoms with E-state index in [0.717, 1.165) is 0 Å². The number of nitrogens with zero attached hydrogens (tertiary/aromatic N) is 1. The molecule has 25 heavy (non-hydrogen) atoms. The number of benzene rings is 1. The molecule has 2 amide bonds. The van der Waals surface area contributed by atoms with E-state index in [9.17, 15) is 9.59 Å². The van der Waals surface area contributed by atoms with Crippen molar-refractivity contribution in [2.75, 3.05) is 6.54 Å². The van der Waals surface area contributed by atoms with E-state index in [1.807, 2.05) is 13.0 Å². The van der Waals surface area contributed by atoms with Crippen LogP contribution < -0.4 is 10.6 Å². The summed E-state index contributed by atoms with van der Waals surface area (Å²) in [6.45, 7) is 8.03. The van der Waals surface area contributed by atoms with Crippen molar-refractivity contribution in [1.29, 1.82) is 5.26 Å². The van der Waals surface area contributed by atoms with Crippen LogP contribution in [0.25, 0.3) is 0 Å². The van der Waals surface area contributed by atoms with Crippen molar-refractivity contribution in [3.05, 3.63) is 35.4 Å². The van der Waals surface area contributed by atoms with Crippen LogP contribution in [0, 0.1) is 23.2 Å². The lowest BCUT2D eigenvalue weighted by atomic mass is 9.80. The maximum atomic E-state index is 12.3. The average molecular weight is 343 g/mol. The first-order valence-corrected chi connectivity index (χ1v) is 8.54. The van der Waals surface area contributed by atoms with E-state index < -0.39 is 0 Å². The van der Waals surface area contributed by atoms with Crippen LogP contribution in [-0.4, -0.2) is 36.6 Å². The summed E-state index contributed by atoms with van der Waals surface area (Å²) in [7, 11) is 0. The molecule has 1 saturated heterocycles. The van der Waals surface area contributed by atoms with Crippen molar-refractivity contribution < 1.29 is 14.3 Å². The summed E-state index contributed by atoms with van der Waals surface area (Å²) in [5, 5.41) is 14.7. The van der Waals surface area contributed by atoms with Crippen LogP contribution in [0.1, 0.15) is 43.6 Å². The van der Waals surface area contributed by atoms with E-state index in [4.69, 9.17) is 10.00 Å². The average Bonchev–Trinajstić information content (AvgIpc) is 2.60. The number of nitrogens with one attached hydrogen (secondary N) is 2. The quantitative estimate of drug-likeness (QED) is 0.873. The van der Waals surface area contributed by atoms with E-state index in [1.165, 1.54) is 6.92 Å². The van der Waals surface area contributed by atoms with Gasteiger partial charge in [-0.05, 0) is 43.0 Å². The first-order valence-electron chi connectivity index (χ1n) is 8.54. The number of hydrogen-bond acceptors (Lipinski definition) is 4. The molecular weight excluding hydrogens is 318 g/mol. The molecule has 0 saturated carbocycles. The van der Waals surface area contributed by atoms with Gasteiger partial charge in [-0.2, -0.15) is 5.26 Å². The molecule has 0 aromatic heterocycles. The lowest BCUT2D eigenvalue weighted by Crippen LogP contribution is -2.57. The molecule has 134 valence electrons. The predicted octanol–water partition coefficient (Wildman–Crippen LogP) is 1.85. The monoisotopic (exact) mass is 343 g/mol. The molecule has 0 aliphatic carbocycles. The fourth-order valence-corrected chi connectivity index (χ4v) is 3.29. The summed E-state index contributed by atoms with van der Waals surface area (Å²) in [5.41, 5.74) is 1.03.